The second-order valence-electron chi connectivity index (χ2n) is 9.31. The van der Waals surface area contributed by atoms with E-state index in [4.69, 9.17) is 16.3 Å². The molecule has 0 bridgehead atoms. The molecular formula is C29H33BrClN3O5S. The summed E-state index contributed by atoms with van der Waals surface area (Å²) in [7, 11) is -2.72. The molecule has 0 saturated heterocycles. The van der Waals surface area contributed by atoms with Crippen LogP contribution in [0.2, 0.25) is 5.02 Å². The summed E-state index contributed by atoms with van der Waals surface area (Å²) in [5.74, 6) is -0.389. The van der Waals surface area contributed by atoms with E-state index in [-0.39, 0.29) is 29.1 Å². The van der Waals surface area contributed by atoms with Crippen LogP contribution in [0, 0.1) is 0 Å². The Morgan fingerprint density at radius 3 is 2.30 bits per heavy atom. The van der Waals surface area contributed by atoms with Gasteiger partial charge < -0.3 is 15.0 Å². The first-order valence-electron chi connectivity index (χ1n) is 12.7. The third kappa shape index (κ3) is 7.99. The molecule has 0 aliphatic heterocycles. The average molecular weight is 651 g/mol. The lowest BCUT2D eigenvalue weighted by Crippen LogP contribution is -2.52. The van der Waals surface area contributed by atoms with Crippen LogP contribution in [0.5, 0.6) is 5.75 Å². The number of hydrogen-bond donors (Lipinski definition) is 1. The van der Waals surface area contributed by atoms with Crippen LogP contribution in [0.25, 0.3) is 0 Å². The highest BCUT2D eigenvalue weighted by Crippen LogP contribution is 2.28. The summed E-state index contributed by atoms with van der Waals surface area (Å²) in [6.45, 7) is 5.01. The molecule has 3 aromatic rings. The topological polar surface area (TPSA) is 96.0 Å². The molecule has 0 unspecified atom stereocenters. The van der Waals surface area contributed by atoms with Gasteiger partial charge in [0.15, 0.2) is 0 Å². The van der Waals surface area contributed by atoms with E-state index in [0.717, 1.165) is 20.8 Å². The molecule has 1 N–H and O–H groups in total. The number of carbonyl (C=O) groups is 2. The number of methoxy groups -OCH3 is 1. The Labute approximate surface area is 249 Å². The van der Waals surface area contributed by atoms with Crippen LogP contribution in [0.15, 0.2) is 82.2 Å². The van der Waals surface area contributed by atoms with Crippen molar-refractivity contribution < 1.29 is 22.7 Å². The normalized spacial score (nSPS) is 12.8. The summed E-state index contributed by atoms with van der Waals surface area (Å²) < 4.78 is 34.7. The summed E-state index contributed by atoms with van der Waals surface area (Å²) in [5.41, 5.74) is 0.994. The Morgan fingerprint density at radius 1 is 1.02 bits per heavy atom. The van der Waals surface area contributed by atoms with Crippen molar-refractivity contribution >= 4 is 55.1 Å². The maximum absolute atomic E-state index is 14.0. The van der Waals surface area contributed by atoms with Crippen molar-refractivity contribution in [2.24, 2.45) is 0 Å². The quantitative estimate of drug-likeness (QED) is 0.274. The van der Waals surface area contributed by atoms with Crippen LogP contribution in [-0.2, 0) is 26.2 Å². The molecule has 0 radical (unpaired) electrons. The van der Waals surface area contributed by atoms with Crippen molar-refractivity contribution in [3.05, 3.63) is 87.9 Å². The number of anilines is 1. The molecular weight excluding hydrogens is 618 g/mol. The second-order valence-corrected chi connectivity index (χ2v) is 12.5. The molecule has 0 heterocycles. The number of nitrogens with zero attached hydrogens (tertiary/aromatic N) is 2. The smallest absolute Gasteiger partial charge is 0.264 e. The molecule has 0 aliphatic rings. The average Bonchev–Trinajstić information content (AvgIpc) is 2.93. The molecule has 8 nitrogen and oxygen atoms in total. The highest BCUT2D eigenvalue weighted by Gasteiger charge is 2.33. The predicted octanol–water partition coefficient (Wildman–Crippen LogP) is 5.64. The number of sulfonamides is 1. The lowest BCUT2D eigenvalue weighted by molar-refractivity contribution is -0.139. The number of rotatable bonds is 12. The molecule has 11 heteroatoms. The minimum absolute atomic E-state index is 0.0258. The van der Waals surface area contributed by atoms with Gasteiger partial charge in [0.1, 0.15) is 18.3 Å². The van der Waals surface area contributed by atoms with Gasteiger partial charge in [-0.3, -0.25) is 13.9 Å². The van der Waals surface area contributed by atoms with Crippen LogP contribution in [0.4, 0.5) is 5.69 Å². The van der Waals surface area contributed by atoms with Gasteiger partial charge in [-0.25, -0.2) is 8.42 Å². The van der Waals surface area contributed by atoms with Crippen LogP contribution in [0.1, 0.15) is 32.8 Å². The third-order valence-corrected chi connectivity index (χ3v) is 8.95. The van der Waals surface area contributed by atoms with E-state index < -0.39 is 28.5 Å². The standard InChI is InChI=1S/C29H33BrClN3O5S/c1-5-20(2)32-29(36)21(3)33(18-22-8-6-9-23(30)16-22)28(35)19-34(25-11-7-10-24(31)17-25)40(37,38)27-14-12-26(39-4)13-15-27/h6-17,20-21H,5,18-19H2,1-4H3,(H,32,36)/t20-,21-/m0/s1. The van der Waals surface area contributed by atoms with E-state index in [1.807, 2.05) is 38.1 Å². The van der Waals surface area contributed by atoms with Crippen molar-refractivity contribution in [1.82, 2.24) is 10.2 Å². The van der Waals surface area contributed by atoms with Gasteiger partial charge in [0.2, 0.25) is 11.8 Å². The number of ether oxygens (including phenoxy) is 1. The number of amides is 2. The number of nitrogens with one attached hydrogen (secondary N) is 1. The monoisotopic (exact) mass is 649 g/mol. The van der Waals surface area contributed by atoms with E-state index in [1.54, 1.807) is 25.1 Å². The maximum Gasteiger partial charge on any atom is 0.264 e. The Bertz CT molecular complexity index is 1440. The number of halogens is 2. The minimum atomic E-state index is -4.21. The molecule has 2 amide bonds. The van der Waals surface area contributed by atoms with Gasteiger partial charge in [0.25, 0.3) is 10.0 Å². The van der Waals surface area contributed by atoms with E-state index in [2.05, 4.69) is 21.2 Å². The molecule has 0 spiro atoms. The zero-order valence-electron chi connectivity index (χ0n) is 22.8. The fourth-order valence-electron chi connectivity index (χ4n) is 3.92. The van der Waals surface area contributed by atoms with Crippen molar-refractivity contribution in [3.63, 3.8) is 0 Å². The largest absolute Gasteiger partial charge is 0.497 e. The zero-order valence-corrected chi connectivity index (χ0v) is 26.0. The summed E-state index contributed by atoms with van der Waals surface area (Å²) in [6.07, 6.45) is 0.723. The molecule has 0 aliphatic carbocycles. The van der Waals surface area contributed by atoms with E-state index in [9.17, 15) is 18.0 Å². The van der Waals surface area contributed by atoms with E-state index in [1.165, 1.54) is 42.3 Å². The number of hydrogen-bond acceptors (Lipinski definition) is 5. The predicted molar refractivity (Wildman–Crippen MR) is 161 cm³/mol. The van der Waals surface area contributed by atoms with E-state index in [0.29, 0.717) is 10.8 Å². The van der Waals surface area contributed by atoms with Gasteiger partial charge in [-0.1, -0.05) is 52.7 Å². The molecule has 0 saturated carbocycles. The van der Waals surface area contributed by atoms with Gasteiger partial charge in [0.05, 0.1) is 17.7 Å². The van der Waals surface area contributed by atoms with Gasteiger partial charge >= 0.3 is 0 Å². The number of carbonyl (C=O) groups excluding carboxylic acids is 2. The van der Waals surface area contributed by atoms with Gasteiger partial charge in [-0.2, -0.15) is 0 Å². The highest BCUT2D eigenvalue weighted by atomic mass is 79.9. The maximum atomic E-state index is 14.0. The van der Waals surface area contributed by atoms with E-state index >= 15 is 0 Å². The second kappa shape index (κ2) is 14.0. The lowest BCUT2D eigenvalue weighted by Gasteiger charge is -2.32. The Hall–Kier alpha value is -3.08. The Balaban J connectivity index is 2.03. The van der Waals surface area contributed by atoms with Gasteiger partial charge in [-0.15, -0.1) is 0 Å². The first-order valence-corrected chi connectivity index (χ1v) is 15.3. The summed E-state index contributed by atoms with van der Waals surface area (Å²) in [6, 6.07) is 18.6. The van der Waals surface area contributed by atoms with Crippen molar-refractivity contribution in [3.8, 4) is 5.75 Å². The first-order chi connectivity index (χ1) is 19.0. The van der Waals surface area contributed by atoms with Gasteiger partial charge in [0, 0.05) is 22.1 Å². The molecule has 3 aromatic carbocycles. The van der Waals surface area contributed by atoms with Crippen LogP contribution >= 0.6 is 27.5 Å². The van der Waals surface area contributed by atoms with Crippen molar-refractivity contribution in [2.75, 3.05) is 18.0 Å². The Morgan fingerprint density at radius 2 is 1.70 bits per heavy atom. The zero-order chi connectivity index (χ0) is 29.4. The Kier molecular flexibility index (Phi) is 11.0. The van der Waals surface area contributed by atoms with Crippen LogP contribution in [0.3, 0.4) is 0 Å². The fraction of sp³-hybridized carbons (Fsp3) is 0.310. The summed E-state index contributed by atoms with van der Waals surface area (Å²) >= 11 is 9.65. The fourth-order valence-corrected chi connectivity index (χ4v) is 5.95. The molecule has 0 aromatic heterocycles. The molecule has 40 heavy (non-hydrogen) atoms. The summed E-state index contributed by atoms with van der Waals surface area (Å²) in [4.78, 5) is 28.4. The third-order valence-electron chi connectivity index (χ3n) is 6.43. The highest BCUT2D eigenvalue weighted by molar-refractivity contribution is 9.10. The first kappa shape index (κ1) is 31.4. The van der Waals surface area contributed by atoms with Crippen molar-refractivity contribution in [1.29, 1.82) is 0 Å². The van der Waals surface area contributed by atoms with Crippen LogP contribution < -0.4 is 14.4 Å². The molecule has 3 rings (SSSR count). The SMILES string of the molecule is CC[C@H](C)NC(=O)[C@H](C)N(Cc1cccc(Br)c1)C(=O)CN(c1cccc(Cl)c1)S(=O)(=O)c1ccc(OC)cc1. The summed E-state index contributed by atoms with van der Waals surface area (Å²) in [5, 5.41) is 3.23. The minimum Gasteiger partial charge on any atom is -0.497 e. The van der Waals surface area contributed by atoms with Crippen LogP contribution in [-0.4, -0.2) is 50.9 Å². The van der Waals surface area contributed by atoms with Crippen molar-refractivity contribution in [2.45, 2.75) is 50.7 Å². The molecule has 2 atom stereocenters. The lowest BCUT2D eigenvalue weighted by atomic mass is 10.1. The van der Waals surface area contributed by atoms with Gasteiger partial charge in [-0.05, 0) is 80.4 Å². The number of benzene rings is 3. The molecule has 0 fully saturated rings. The molecule has 214 valence electrons.